The van der Waals surface area contributed by atoms with Gasteiger partial charge in [-0.25, -0.2) is 5.90 Å². The standard InChI is InChI=1S/C6H14N2O/c1-5-4-6(9-7)2-3-8-5/h5-6,8H,2-4,7H2,1H3/t5-,6-/m1/s1. The topological polar surface area (TPSA) is 47.3 Å². The molecule has 3 nitrogen and oxygen atoms in total. The van der Waals surface area contributed by atoms with Crippen molar-refractivity contribution in [3.63, 3.8) is 0 Å². The summed E-state index contributed by atoms with van der Waals surface area (Å²) in [4.78, 5) is 4.72. The predicted molar refractivity (Wildman–Crippen MR) is 35.8 cm³/mol. The van der Waals surface area contributed by atoms with Gasteiger partial charge in [0.2, 0.25) is 0 Å². The second-order valence-electron chi connectivity index (χ2n) is 2.64. The third-order valence-electron chi connectivity index (χ3n) is 1.77. The Morgan fingerprint density at radius 1 is 1.67 bits per heavy atom. The van der Waals surface area contributed by atoms with Gasteiger partial charge in [-0.05, 0) is 26.3 Å². The van der Waals surface area contributed by atoms with E-state index in [1.807, 2.05) is 0 Å². The first-order valence-electron chi connectivity index (χ1n) is 3.42. The zero-order chi connectivity index (χ0) is 6.69. The summed E-state index contributed by atoms with van der Waals surface area (Å²) in [6, 6.07) is 0.562. The Bertz CT molecular complexity index is 87.1. The lowest BCUT2D eigenvalue weighted by Crippen LogP contribution is -2.40. The summed E-state index contributed by atoms with van der Waals surface area (Å²) in [5.41, 5.74) is 0. The van der Waals surface area contributed by atoms with Crippen molar-refractivity contribution in [3.8, 4) is 0 Å². The van der Waals surface area contributed by atoms with Gasteiger partial charge < -0.3 is 10.2 Å². The molecule has 0 saturated carbocycles. The molecule has 0 radical (unpaired) electrons. The fourth-order valence-corrected chi connectivity index (χ4v) is 1.21. The van der Waals surface area contributed by atoms with E-state index in [9.17, 15) is 0 Å². The van der Waals surface area contributed by atoms with Crippen LogP contribution in [0.5, 0.6) is 0 Å². The van der Waals surface area contributed by atoms with Gasteiger partial charge in [0.15, 0.2) is 0 Å². The van der Waals surface area contributed by atoms with Crippen molar-refractivity contribution in [1.82, 2.24) is 5.32 Å². The summed E-state index contributed by atoms with van der Waals surface area (Å²) in [6.07, 6.45) is 2.36. The lowest BCUT2D eigenvalue weighted by atomic mass is 10.0. The van der Waals surface area contributed by atoms with Gasteiger partial charge in [-0.2, -0.15) is 0 Å². The molecule has 3 N–H and O–H groups in total. The molecule has 0 aromatic carbocycles. The van der Waals surface area contributed by atoms with Gasteiger partial charge in [-0.15, -0.1) is 0 Å². The molecule has 0 spiro atoms. The highest BCUT2D eigenvalue weighted by molar-refractivity contribution is 4.74. The van der Waals surface area contributed by atoms with Crippen molar-refractivity contribution >= 4 is 0 Å². The number of nitrogens with two attached hydrogens (primary N) is 1. The molecule has 0 aromatic heterocycles. The molecule has 1 rings (SSSR count). The lowest BCUT2D eigenvalue weighted by Gasteiger charge is -2.25. The molecule has 2 atom stereocenters. The van der Waals surface area contributed by atoms with Crippen LogP contribution in [0, 0.1) is 0 Å². The first-order valence-corrected chi connectivity index (χ1v) is 3.42. The highest BCUT2D eigenvalue weighted by Crippen LogP contribution is 2.09. The van der Waals surface area contributed by atoms with Crippen molar-refractivity contribution in [3.05, 3.63) is 0 Å². The van der Waals surface area contributed by atoms with Crippen LogP contribution >= 0.6 is 0 Å². The predicted octanol–water partition coefficient (Wildman–Crippen LogP) is 0.0172. The largest absolute Gasteiger partial charge is 0.314 e. The van der Waals surface area contributed by atoms with Gasteiger partial charge in [-0.3, -0.25) is 0 Å². The lowest BCUT2D eigenvalue weighted by molar-refractivity contribution is 0.0233. The number of hydrogen-bond donors (Lipinski definition) is 2. The van der Waals surface area contributed by atoms with Crippen LogP contribution in [-0.2, 0) is 4.84 Å². The van der Waals surface area contributed by atoms with E-state index in [1.165, 1.54) is 0 Å². The van der Waals surface area contributed by atoms with Gasteiger partial charge in [-0.1, -0.05) is 0 Å². The molecule has 0 aromatic rings. The first kappa shape index (κ1) is 6.99. The SMILES string of the molecule is C[C@@H]1C[C@H](ON)CCN1. The van der Waals surface area contributed by atoms with Crippen LogP contribution in [0.4, 0.5) is 0 Å². The molecular formula is C6H14N2O. The second-order valence-corrected chi connectivity index (χ2v) is 2.64. The Balaban J connectivity index is 2.23. The normalized spacial score (nSPS) is 36.7. The summed E-state index contributed by atoms with van der Waals surface area (Å²) < 4.78 is 0. The summed E-state index contributed by atoms with van der Waals surface area (Å²) in [6.45, 7) is 3.17. The molecule has 9 heavy (non-hydrogen) atoms. The second kappa shape index (κ2) is 3.15. The minimum absolute atomic E-state index is 0.279. The third-order valence-corrected chi connectivity index (χ3v) is 1.77. The fourth-order valence-electron chi connectivity index (χ4n) is 1.21. The molecule has 1 aliphatic rings. The van der Waals surface area contributed by atoms with Crippen LogP contribution in [0.25, 0.3) is 0 Å². The van der Waals surface area contributed by atoms with Crippen molar-refractivity contribution in [2.75, 3.05) is 6.54 Å². The Kier molecular flexibility index (Phi) is 2.45. The smallest absolute Gasteiger partial charge is 0.0814 e. The maximum atomic E-state index is 5.04. The van der Waals surface area contributed by atoms with E-state index < -0.39 is 0 Å². The molecule has 3 heteroatoms. The number of nitrogens with one attached hydrogen (secondary N) is 1. The van der Waals surface area contributed by atoms with E-state index in [4.69, 9.17) is 10.7 Å². The van der Waals surface area contributed by atoms with E-state index >= 15 is 0 Å². The Morgan fingerprint density at radius 2 is 2.44 bits per heavy atom. The Labute approximate surface area is 55.5 Å². The molecule has 1 aliphatic heterocycles. The van der Waals surface area contributed by atoms with E-state index in [-0.39, 0.29) is 6.10 Å². The maximum Gasteiger partial charge on any atom is 0.0814 e. The van der Waals surface area contributed by atoms with Gasteiger partial charge in [0, 0.05) is 6.04 Å². The molecule has 0 unspecified atom stereocenters. The van der Waals surface area contributed by atoms with Crippen LogP contribution in [0.2, 0.25) is 0 Å². The van der Waals surface area contributed by atoms with Crippen molar-refractivity contribution in [2.24, 2.45) is 5.90 Å². The summed E-state index contributed by atoms with van der Waals surface area (Å²) in [5.74, 6) is 5.04. The highest BCUT2D eigenvalue weighted by Gasteiger charge is 2.17. The van der Waals surface area contributed by atoms with Crippen LogP contribution in [-0.4, -0.2) is 18.7 Å². The number of piperidine rings is 1. The van der Waals surface area contributed by atoms with Gasteiger partial charge >= 0.3 is 0 Å². The zero-order valence-corrected chi connectivity index (χ0v) is 5.76. The van der Waals surface area contributed by atoms with Crippen molar-refractivity contribution < 1.29 is 4.84 Å². The molecular weight excluding hydrogens is 116 g/mol. The minimum atomic E-state index is 0.279. The average molecular weight is 130 g/mol. The minimum Gasteiger partial charge on any atom is -0.314 e. The van der Waals surface area contributed by atoms with E-state index in [0.29, 0.717) is 6.04 Å². The molecule has 54 valence electrons. The Hall–Kier alpha value is -0.120. The molecule has 0 bridgehead atoms. The zero-order valence-electron chi connectivity index (χ0n) is 5.76. The molecule has 1 heterocycles. The maximum absolute atomic E-state index is 5.04. The fraction of sp³-hybridized carbons (Fsp3) is 1.00. The Morgan fingerprint density at radius 3 is 2.89 bits per heavy atom. The third kappa shape index (κ3) is 1.93. The van der Waals surface area contributed by atoms with Gasteiger partial charge in [0.05, 0.1) is 6.10 Å². The first-order chi connectivity index (χ1) is 4.33. The molecule has 1 fully saturated rings. The van der Waals surface area contributed by atoms with Gasteiger partial charge in [0.1, 0.15) is 0 Å². The monoisotopic (exact) mass is 130 g/mol. The van der Waals surface area contributed by atoms with Crippen LogP contribution in [0.15, 0.2) is 0 Å². The number of hydrogen-bond acceptors (Lipinski definition) is 3. The molecule has 0 aliphatic carbocycles. The van der Waals surface area contributed by atoms with E-state index in [2.05, 4.69) is 12.2 Å². The van der Waals surface area contributed by atoms with Crippen LogP contribution < -0.4 is 11.2 Å². The van der Waals surface area contributed by atoms with Crippen molar-refractivity contribution in [2.45, 2.75) is 31.9 Å². The van der Waals surface area contributed by atoms with Crippen molar-refractivity contribution in [1.29, 1.82) is 0 Å². The summed E-state index contributed by atoms with van der Waals surface area (Å²) >= 11 is 0. The van der Waals surface area contributed by atoms with Gasteiger partial charge in [0.25, 0.3) is 0 Å². The van der Waals surface area contributed by atoms with Crippen LogP contribution in [0.1, 0.15) is 19.8 Å². The van der Waals surface area contributed by atoms with Crippen LogP contribution in [0.3, 0.4) is 0 Å². The summed E-state index contributed by atoms with van der Waals surface area (Å²) in [7, 11) is 0. The van der Waals surface area contributed by atoms with E-state index in [0.717, 1.165) is 19.4 Å². The molecule has 1 saturated heterocycles. The van der Waals surface area contributed by atoms with E-state index in [1.54, 1.807) is 0 Å². The molecule has 0 amide bonds. The summed E-state index contributed by atoms with van der Waals surface area (Å²) in [5, 5.41) is 3.31. The highest BCUT2D eigenvalue weighted by atomic mass is 16.6. The quantitative estimate of drug-likeness (QED) is 0.492. The average Bonchev–Trinajstić information content (AvgIpc) is 1.88. The number of rotatable bonds is 1.